The van der Waals surface area contributed by atoms with Gasteiger partial charge in [0.25, 0.3) is 0 Å². The second-order valence-corrected chi connectivity index (χ2v) is 15.3. The molecule has 228 valence electrons. The third-order valence-corrected chi connectivity index (χ3v) is 10.9. The molecule has 0 saturated heterocycles. The Hall–Kier alpha value is -0.780. The van der Waals surface area contributed by atoms with Crippen LogP contribution in [0.4, 0.5) is 0 Å². The zero-order valence-electron chi connectivity index (χ0n) is 29.3. The van der Waals surface area contributed by atoms with Crippen molar-refractivity contribution in [1.82, 2.24) is 0 Å². The molecule has 0 amide bonds. The van der Waals surface area contributed by atoms with Gasteiger partial charge in [0.15, 0.2) is 0 Å². The van der Waals surface area contributed by atoms with Crippen LogP contribution in [-0.2, 0) is 0 Å². The van der Waals surface area contributed by atoms with Gasteiger partial charge in [-0.2, -0.15) is 0 Å². The highest BCUT2D eigenvalue weighted by molar-refractivity contribution is 5.23. The molecule has 2 bridgehead atoms. The summed E-state index contributed by atoms with van der Waals surface area (Å²) in [6.07, 6.45) is 4.10. The van der Waals surface area contributed by atoms with Gasteiger partial charge in [-0.3, -0.25) is 0 Å². The Morgan fingerprint density at radius 1 is 0.658 bits per heavy atom. The van der Waals surface area contributed by atoms with Crippen LogP contribution in [0.5, 0.6) is 0 Å². The lowest BCUT2D eigenvalue weighted by atomic mass is 9.40. The Morgan fingerprint density at radius 3 is 1.11 bits per heavy atom. The first kappa shape index (κ1) is 41.7. The number of hydrogen-bond acceptors (Lipinski definition) is 0. The molecule has 38 heavy (non-hydrogen) atoms. The third-order valence-electron chi connectivity index (χ3n) is 10.9. The van der Waals surface area contributed by atoms with Crippen molar-refractivity contribution in [3.8, 4) is 0 Å². The molecule has 1 aromatic rings. The van der Waals surface area contributed by atoms with E-state index in [0.717, 1.165) is 29.6 Å². The maximum atomic E-state index is 2.48. The number of rotatable bonds is 2. The largest absolute Gasteiger partial charge is 0.0776 e. The van der Waals surface area contributed by atoms with Crippen molar-refractivity contribution in [3.63, 3.8) is 0 Å². The fourth-order valence-corrected chi connectivity index (χ4v) is 4.90. The molecule has 0 nitrogen and oxygen atoms in total. The topological polar surface area (TPSA) is 0 Å². The summed E-state index contributed by atoms with van der Waals surface area (Å²) >= 11 is 0. The molecule has 0 aliphatic heterocycles. The van der Waals surface area contributed by atoms with Crippen molar-refractivity contribution < 1.29 is 0 Å². The smallest absolute Gasteiger partial charge is 0.0292 e. The molecular weight excluding hydrogens is 456 g/mol. The van der Waals surface area contributed by atoms with Gasteiger partial charge in [-0.1, -0.05) is 162 Å². The van der Waals surface area contributed by atoms with Gasteiger partial charge in [-0.15, -0.1) is 0 Å². The van der Waals surface area contributed by atoms with Crippen molar-refractivity contribution in [2.45, 2.75) is 158 Å². The van der Waals surface area contributed by atoms with Gasteiger partial charge in [-0.25, -0.2) is 0 Å². The summed E-state index contributed by atoms with van der Waals surface area (Å²) < 4.78 is 0. The van der Waals surface area contributed by atoms with Gasteiger partial charge in [0.05, 0.1) is 0 Å². The summed E-state index contributed by atoms with van der Waals surface area (Å²) in [6, 6.07) is 8.36. The van der Waals surface area contributed by atoms with E-state index >= 15 is 0 Å². The van der Waals surface area contributed by atoms with Crippen LogP contribution >= 0.6 is 0 Å². The normalized spacial score (nSPS) is 25.1. The maximum Gasteiger partial charge on any atom is -0.0292 e. The van der Waals surface area contributed by atoms with E-state index in [9.17, 15) is 0 Å². The van der Waals surface area contributed by atoms with Crippen molar-refractivity contribution in [2.24, 2.45) is 51.2 Å². The molecule has 1 aromatic carbocycles. The first-order valence-corrected chi connectivity index (χ1v) is 15.7. The van der Waals surface area contributed by atoms with Crippen LogP contribution in [0.25, 0.3) is 0 Å². The molecule has 4 rings (SSSR count). The molecule has 0 heterocycles. The summed E-state index contributed by atoms with van der Waals surface area (Å²) in [5, 5.41) is 0. The monoisotopic (exact) mass is 533 g/mol. The summed E-state index contributed by atoms with van der Waals surface area (Å²) in [4.78, 5) is 0. The quantitative estimate of drug-likeness (QED) is 0.355. The molecule has 0 radical (unpaired) electrons. The fraction of sp³-hybridized carbons (Fsp3) is 0.842. The standard InChI is InChI=1S/C12H22.C8H10.C8H18.C7H16.C2H6.CH4/c1-7-8(2)10-6-11(9(7)3)12(10,4)5;1-7-5-3-4-6-8(7)2;1-7(2,3)8(4,5)6;1-5-7(3,4)6-2;1-2;/h7-11H,6H2,1-5H3;3-6H,1-2H3;1-6H3;5-6H2,1-4H3;1-2H3;1H4. The van der Waals surface area contributed by atoms with Crippen LogP contribution in [0.1, 0.15) is 156 Å². The molecule has 0 aromatic heterocycles. The zero-order valence-corrected chi connectivity index (χ0v) is 29.3. The van der Waals surface area contributed by atoms with Gasteiger partial charge < -0.3 is 0 Å². The maximum absolute atomic E-state index is 2.48. The average Bonchev–Trinajstić information content (AvgIpc) is 2.80. The van der Waals surface area contributed by atoms with Gasteiger partial charge in [0.1, 0.15) is 0 Å². The van der Waals surface area contributed by atoms with E-state index in [1.165, 1.54) is 30.4 Å². The fourth-order valence-electron chi connectivity index (χ4n) is 4.90. The van der Waals surface area contributed by atoms with Crippen LogP contribution in [0.2, 0.25) is 0 Å². The SMILES string of the molecule is C.CC.CC(C)(C)C(C)(C)C.CC1C(C)C2CC(C1C)C2(C)C.CCC(C)(C)CC.Cc1ccccc1C. The second kappa shape index (κ2) is 17.1. The second-order valence-electron chi connectivity index (χ2n) is 15.3. The minimum absolute atomic E-state index is 0. The van der Waals surface area contributed by atoms with E-state index in [2.05, 4.69) is 142 Å². The average molecular weight is 533 g/mol. The first-order valence-electron chi connectivity index (χ1n) is 15.7. The number of aryl methyl sites for hydroxylation is 2. The number of fused-ring (bicyclic) bond motifs is 2. The lowest BCUT2D eigenvalue weighted by Gasteiger charge is -2.64. The van der Waals surface area contributed by atoms with Crippen LogP contribution in [0.15, 0.2) is 24.3 Å². The van der Waals surface area contributed by atoms with Crippen LogP contribution in [0, 0.1) is 65.1 Å². The highest BCUT2D eigenvalue weighted by atomic mass is 14.6. The van der Waals surface area contributed by atoms with Crippen molar-refractivity contribution >= 4 is 0 Å². The predicted molar refractivity (Wildman–Crippen MR) is 180 cm³/mol. The van der Waals surface area contributed by atoms with Gasteiger partial charge in [0, 0.05) is 0 Å². The molecule has 0 spiro atoms. The van der Waals surface area contributed by atoms with Crippen molar-refractivity contribution in [1.29, 1.82) is 0 Å². The van der Waals surface area contributed by atoms with Gasteiger partial charge in [-0.05, 0) is 82.6 Å². The molecule has 3 fully saturated rings. The molecular formula is C38H76. The van der Waals surface area contributed by atoms with E-state index in [4.69, 9.17) is 0 Å². The van der Waals surface area contributed by atoms with Crippen LogP contribution in [0.3, 0.4) is 0 Å². The summed E-state index contributed by atoms with van der Waals surface area (Å²) in [5.41, 5.74) is 4.85. The van der Waals surface area contributed by atoms with E-state index in [1.54, 1.807) is 0 Å². The van der Waals surface area contributed by atoms with E-state index in [0.29, 0.717) is 21.7 Å². The Labute approximate surface area is 244 Å². The minimum Gasteiger partial charge on any atom is -0.0776 e. The summed E-state index contributed by atoms with van der Waals surface area (Å²) in [5.74, 6) is 4.92. The van der Waals surface area contributed by atoms with E-state index in [1.807, 2.05) is 13.8 Å². The zero-order chi connectivity index (χ0) is 30.0. The predicted octanol–water partition coefficient (Wildman–Crippen LogP) is 13.4. The molecule has 0 heteroatoms. The van der Waals surface area contributed by atoms with E-state index < -0.39 is 0 Å². The summed E-state index contributed by atoms with van der Waals surface area (Å²) in [7, 11) is 0. The Morgan fingerprint density at radius 2 is 0.947 bits per heavy atom. The van der Waals surface area contributed by atoms with Gasteiger partial charge >= 0.3 is 0 Å². The molecule has 4 atom stereocenters. The molecule has 0 N–H and O–H groups in total. The van der Waals surface area contributed by atoms with E-state index in [-0.39, 0.29) is 7.43 Å². The number of hydrogen-bond donors (Lipinski definition) is 0. The van der Waals surface area contributed by atoms with Crippen molar-refractivity contribution in [2.75, 3.05) is 0 Å². The Balaban J connectivity index is -0.000000427. The molecule has 4 unspecified atom stereocenters. The Kier molecular flexibility index (Phi) is 18.8. The van der Waals surface area contributed by atoms with Gasteiger partial charge in [0.2, 0.25) is 0 Å². The lowest BCUT2D eigenvalue weighted by Crippen LogP contribution is -2.58. The Bertz CT molecular complexity index is 664. The minimum atomic E-state index is 0. The molecule has 3 aliphatic carbocycles. The first-order chi connectivity index (χ1) is 16.6. The lowest BCUT2D eigenvalue weighted by molar-refractivity contribution is -0.160. The van der Waals surface area contributed by atoms with Crippen LogP contribution < -0.4 is 0 Å². The highest BCUT2D eigenvalue weighted by Crippen LogP contribution is 2.64. The highest BCUT2D eigenvalue weighted by Gasteiger charge is 2.58. The summed E-state index contributed by atoms with van der Waals surface area (Å²) in [6.45, 7) is 43.3. The van der Waals surface area contributed by atoms with Crippen molar-refractivity contribution in [3.05, 3.63) is 35.4 Å². The third kappa shape index (κ3) is 12.6. The molecule has 3 saturated carbocycles. The van der Waals surface area contributed by atoms with Crippen LogP contribution in [-0.4, -0.2) is 0 Å². The number of benzene rings is 1. The molecule has 3 aliphatic rings.